The van der Waals surface area contributed by atoms with Crippen LogP contribution in [0.4, 0.5) is 0 Å². The van der Waals surface area contributed by atoms with E-state index in [-0.39, 0.29) is 16.9 Å². The van der Waals surface area contributed by atoms with E-state index in [1.807, 2.05) is 20.8 Å². The molecule has 6 nitrogen and oxygen atoms in total. The predicted octanol–water partition coefficient (Wildman–Crippen LogP) is 3.12. The van der Waals surface area contributed by atoms with Crippen molar-refractivity contribution in [1.29, 1.82) is 0 Å². The number of hydroxylamine groups is 2. The molecule has 0 unspecified atom stereocenters. The van der Waals surface area contributed by atoms with Gasteiger partial charge in [-0.3, -0.25) is 4.79 Å². The van der Waals surface area contributed by atoms with Gasteiger partial charge in [0, 0.05) is 30.7 Å². The summed E-state index contributed by atoms with van der Waals surface area (Å²) in [6.07, 6.45) is 2.88. The highest BCUT2D eigenvalue weighted by molar-refractivity contribution is 5.65. The lowest BCUT2D eigenvalue weighted by atomic mass is 9.73. The Hall–Kier alpha value is -0.690. The molecule has 2 fully saturated rings. The number of rotatable bonds is 4. The molecule has 2 aliphatic rings. The minimum Gasteiger partial charge on any atom is -0.465 e. The van der Waals surface area contributed by atoms with Gasteiger partial charge in [-0.25, -0.2) is 0 Å². The first-order chi connectivity index (χ1) is 11.0. The van der Waals surface area contributed by atoms with Crippen LogP contribution in [-0.4, -0.2) is 52.9 Å². The molecule has 0 atom stereocenters. The van der Waals surface area contributed by atoms with Crippen LogP contribution in [0.3, 0.4) is 0 Å². The van der Waals surface area contributed by atoms with Gasteiger partial charge in [0.1, 0.15) is 6.61 Å². The summed E-state index contributed by atoms with van der Waals surface area (Å²) in [7, 11) is 0. The summed E-state index contributed by atoms with van der Waals surface area (Å²) in [5.74, 6) is -0.980. The maximum Gasteiger partial charge on any atom is 0.302 e. The smallest absolute Gasteiger partial charge is 0.302 e. The van der Waals surface area contributed by atoms with Crippen molar-refractivity contribution in [2.45, 2.75) is 84.1 Å². The van der Waals surface area contributed by atoms with E-state index < -0.39 is 11.3 Å². The first-order valence-corrected chi connectivity index (χ1v) is 8.93. The first kappa shape index (κ1) is 19.6. The summed E-state index contributed by atoms with van der Waals surface area (Å²) >= 11 is 0. The van der Waals surface area contributed by atoms with Gasteiger partial charge in [0.05, 0.1) is 18.8 Å². The van der Waals surface area contributed by atoms with E-state index in [4.69, 9.17) is 14.2 Å². The molecule has 6 heteroatoms. The second kappa shape index (κ2) is 6.56. The van der Waals surface area contributed by atoms with Gasteiger partial charge in [-0.2, -0.15) is 5.06 Å². The highest BCUT2D eigenvalue weighted by Gasteiger charge is 2.58. The quantitative estimate of drug-likeness (QED) is 0.791. The average molecular weight is 343 g/mol. The van der Waals surface area contributed by atoms with E-state index in [1.165, 1.54) is 12.0 Å². The molecule has 140 valence electrons. The second-order valence-electron chi connectivity index (χ2n) is 8.49. The van der Waals surface area contributed by atoms with Crippen molar-refractivity contribution in [3.63, 3.8) is 0 Å². The predicted molar refractivity (Wildman–Crippen MR) is 89.6 cm³/mol. The molecule has 2 aliphatic heterocycles. The first-order valence-electron chi connectivity index (χ1n) is 8.93. The molecule has 1 N–H and O–H groups in total. The molecule has 0 amide bonds. The van der Waals surface area contributed by atoms with E-state index in [0.717, 1.165) is 12.8 Å². The largest absolute Gasteiger partial charge is 0.465 e. The summed E-state index contributed by atoms with van der Waals surface area (Å²) in [4.78, 5) is 11.1. The third kappa shape index (κ3) is 3.62. The molecule has 0 aliphatic carbocycles. The Morgan fingerprint density at radius 2 is 1.67 bits per heavy atom. The number of ether oxygens (including phenoxy) is 3. The molecule has 2 saturated heterocycles. The highest BCUT2D eigenvalue weighted by Crippen LogP contribution is 2.50. The summed E-state index contributed by atoms with van der Waals surface area (Å²) in [6, 6.07) is 0. The molecule has 2 heterocycles. The Morgan fingerprint density at radius 1 is 1.12 bits per heavy atom. The van der Waals surface area contributed by atoms with Gasteiger partial charge in [0.25, 0.3) is 0 Å². The Morgan fingerprint density at radius 3 is 2.12 bits per heavy atom. The number of carbonyl (C=O) groups is 1. The van der Waals surface area contributed by atoms with Crippen LogP contribution < -0.4 is 0 Å². The van der Waals surface area contributed by atoms with E-state index in [9.17, 15) is 10.0 Å². The molecular weight excluding hydrogens is 310 g/mol. The van der Waals surface area contributed by atoms with Crippen LogP contribution >= 0.6 is 0 Å². The number of piperidine rings is 1. The molecule has 2 rings (SSSR count). The minimum absolute atomic E-state index is 0.290. The van der Waals surface area contributed by atoms with Crippen molar-refractivity contribution in [1.82, 2.24) is 5.06 Å². The van der Waals surface area contributed by atoms with Gasteiger partial charge in [0.15, 0.2) is 5.79 Å². The molecule has 1 spiro atoms. The maximum atomic E-state index is 11.1. The zero-order valence-electron chi connectivity index (χ0n) is 16.0. The van der Waals surface area contributed by atoms with Crippen LogP contribution in [0.15, 0.2) is 0 Å². The summed E-state index contributed by atoms with van der Waals surface area (Å²) < 4.78 is 17.6. The van der Waals surface area contributed by atoms with Crippen molar-refractivity contribution >= 4 is 5.97 Å². The highest BCUT2D eigenvalue weighted by atomic mass is 16.7. The van der Waals surface area contributed by atoms with Crippen molar-refractivity contribution in [3.8, 4) is 0 Å². The minimum atomic E-state index is -0.690. The lowest BCUT2D eigenvalue weighted by molar-refractivity contribution is -0.378. The SMILES string of the molecule is CCC1(CC)CC2(CC(C)(C)N1O)OCC(C)(COC(C)=O)CO2. The average Bonchev–Trinajstić information content (AvgIpc) is 2.52. The van der Waals surface area contributed by atoms with E-state index in [0.29, 0.717) is 32.7 Å². The summed E-state index contributed by atoms with van der Waals surface area (Å²) in [5, 5.41) is 12.3. The fraction of sp³-hybridized carbons (Fsp3) is 0.944. The number of hydrogen-bond acceptors (Lipinski definition) is 6. The molecule has 0 aromatic heterocycles. The Balaban J connectivity index is 2.15. The van der Waals surface area contributed by atoms with Crippen LogP contribution in [0.1, 0.15) is 67.2 Å². The Kier molecular flexibility index (Phi) is 5.36. The third-order valence-electron chi connectivity index (χ3n) is 5.63. The Labute approximate surface area is 145 Å². The van der Waals surface area contributed by atoms with Gasteiger partial charge in [0.2, 0.25) is 0 Å². The molecule has 0 saturated carbocycles. The zero-order chi connectivity index (χ0) is 18.2. The molecule has 0 bridgehead atoms. The normalized spacial score (nSPS) is 35.8. The number of esters is 1. The van der Waals surface area contributed by atoms with Crippen molar-refractivity contribution in [2.24, 2.45) is 5.41 Å². The van der Waals surface area contributed by atoms with E-state index >= 15 is 0 Å². The maximum absolute atomic E-state index is 11.1. The van der Waals surface area contributed by atoms with Gasteiger partial charge >= 0.3 is 5.97 Å². The van der Waals surface area contributed by atoms with Crippen molar-refractivity contribution < 1.29 is 24.2 Å². The van der Waals surface area contributed by atoms with Crippen LogP contribution in [0.2, 0.25) is 0 Å². The van der Waals surface area contributed by atoms with Crippen LogP contribution in [0, 0.1) is 5.41 Å². The lowest BCUT2D eigenvalue weighted by Crippen LogP contribution is -2.69. The summed E-state index contributed by atoms with van der Waals surface area (Å²) in [6.45, 7) is 12.9. The molecular formula is C18H33NO5. The van der Waals surface area contributed by atoms with Gasteiger partial charge < -0.3 is 19.4 Å². The fourth-order valence-electron chi connectivity index (χ4n) is 4.07. The van der Waals surface area contributed by atoms with Crippen molar-refractivity contribution in [2.75, 3.05) is 19.8 Å². The van der Waals surface area contributed by atoms with Crippen LogP contribution in [0.5, 0.6) is 0 Å². The van der Waals surface area contributed by atoms with Crippen LogP contribution in [0.25, 0.3) is 0 Å². The molecule has 24 heavy (non-hydrogen) atoms. The number of nitrogens with zero attached hydrogens (tertiary/aromatic N) is 1. The number of hydrogen-bond donors (Lipinski definition) is 1. The van der Waals surface area contributed by atoms with E-state index in [1.54, 1.807) is 0 Å². The van der Waals surface area contributed by atoms with Gasteiger partial charge in [-0.15, -0.1) is 0 Å². The van der Waals surface area contributed by atoms with Gasteiger partial charge in [-0.1, -0.05) is 20.8 Å². The fourth-order valence-corrected chi connectivity index (χ4v) is 4.07. The van der Waals surface area contributed by atoms with Crippen LogP contribution in [-0.2, 0) is 19.0 Å². The molecule has 0 aromatic carbocycles. The van der Waals surface area contributed by atoms with E-state index in [2.05, 4.69) is 13.8 Å². The zero-order valence-corrected chi connectivity index (χ0v) is 16.0. The monoisotopic (exact) mass is 343 g/mol. The lowest BCUT2D eigenvalue weighted by Gasteiger charge is -2.59. The summed E-state index contributed by atoms with van der Waals surface area (Å²) in [5.41, 5.74) is -1.13. The molecule has 0 radical (unpaired) electrons. The number of carbonyl (C=O) groups excluding carboxylic acids is 1. The van der Waals surface area contributed by atoms with Gasteiger partial charge in [-0.05, 0) is 26.7 Å². The second-order valence-corrected chi connectivity index (χ2v) is 8.49. The standard InChI is InChI=1S/C18H33NO5/c1-7-17(8-2)10-18(9-15(4,5)19(17)21)23-12-16(6,13-24-18)11-22-14(3)20/h21H,7-13H2,1-6H3. The molecule has 0 aromatic rings. The topological polar surface area (TPSA) is 68.2 Å². The van der Waals surface area contributed by atoms with Crippen molar-refractivity contribution in [3.05, 3.63) is 0 Å². The third-order valence-corrected chi connectivity index (χ3v) is 5.63. The Bertz CT molecular complexity index is 464.